The second-order valence-electron chi connectivity index (χ2n) is 4.00. The van der Waals surface area contributed by atoms with Gasteiger partial charge in [0.25, 0.3) is 0 Å². The summed E-state index contributed by atoms with van der Waals surface area (Å²) in [6.07, 6.45) is 0. The normalized spacial score (nSPS) is 10.4. The molecule has 0 fully saturated rings. The van der Waals surface area contributed by atoms with E-state index in [4.69, 9.17) is 21.1 Å². The Morgan fingerprint density at radius 3 is 2.65 bits per heavy atom. The third-order valence-electron chi connectivity index (χ3n) is 2.03. The van der Waals surface area contributed by atoms with Crippen molar-refractivity contribution in [3.63, 3.8) is 0 Å². The van der Waals surface area contributed by atoms with E-state index in [2.05, 4.69) is 0 Å². The largest absolute Gasteiger partial charge is 0.503 e. The molecule has 0 atom stereocenters. The quantitative estimate of drug-likeness (QED) is 0.844. The molecular weight excluding hydrogens is 244 g/mol. The summed E-state index contributed by atoms with van der Waals surface area (Å²) in [4.78, 5) is 11.7. The van der Waals surface area contributed by atoms with Gasteiger partial charge in [0.05, 0.1) is 24.3 Å². The van der Waals surface area contributed by atoms with Gasteiger partial charge >= 0.3 is 5.97 Å². The van der Waals surface area contributed by atoms with Gasteiger partial charge in [0.2, 0.25) is 0 Å². The van der Waals surface area contributed by atoms with Crippen LogP contribution in [0, 0.1) is 5.92 Å². The van der Waals surface area contributed by atoms with Crippen molar-refractivity contribution in [2.75, 3.05) is 13.7 Å². The van der Waals surface area contributed by atoms with E-state index in [9.17, 15) is 9.90 Å². The summed E-state index contributed by atoms with van der Waals surface area (Å²) in [6, 6.07) is 2.74. The number of methoxy groups -OCH3 is 1. The first-order valence-electron chi connectivity index (χ1n) is 5.19. The molecule has 0 aliphatic heterocycles. The fourth-order valence-corrected chi connectivity index (χ4v) is 1.38. The van der Waals surface area contributed by atoms with Crippen LogP contribution in [0.4, 0.5) is 0 Å². The van der Waals surface area contributed by atoms with Gasteiger partial charge in [0.15, 0.2) is 11.5 Å². The van der Waals surface area contributed by atoms with Crippen LogP contribution in [-0.2, 0) is 4.74 Å². The molecule has 0 bridgehead atoms. The Morgan fingerprint density at radius 2 is 2.12 bits per heavy atom. The Balaban J connectivity index is 2.91. The lowest BCUT2D eigenvalue weighted by Gasteiger charge is -2.10. The molecule has 1 N–H and O–H groups in total. The second-order valence-corrected chi connectivity index (χ2v) is 4.41. The fourth-order valence-electron chi connectivity index (χ4n) is 1.17. The number of benzene rings is 1. The predicted octanol–water partition coefficient (Wildman–Crippen LogP) is 2.87. The maximum absolute atomic E-state index is 11.7. The number of hydrogen-bond donors (Lipinski definition) is 1. The van der Waals surface area contributed by atoms with E-state index in [1.807, 2.05) is 13.8 Å². The number of phenols is 1. The Kier molecular flexibility index (Phi) is 4.63. The van der Waals surface area contributed by atoms with Crippen LogP contribution in [0.5, 0.6) is 11.5 Å². The van der Waals surface area contributed by atoms with Crippen LogP contribution in [0.3, 0.4) is 0 Å². The molecule has 1 rings (SSSR count). The SMILES string of the molecule is COc1cc(C(=O)OCC(C)C)cc(Cl)c1O. The standard InChI is InChI=1S/C12H15ClO4/c1-7(2)6-17-12(15)8-4-9(13)11(14)10(5-8)16-3/h4-5,7,14H,6H2,1-3H3. The average molecular weight is 259 g/mol. The molecule has 4 nitrogen and oxygen atoms in total. The highest BCUT2D eigenvalue weighted by molar-refractivity contribution is 6.32. The molecule has 0 saturated carbocycles. The van der Waals surface area contributed by atoms with E-state index in [1.165, 1.54) is 19.2 Å². The maximum Gasteiger partial charge on any atom is 0.338 e. The van der Waals surface area contributed by atoms with Crippen molar-refractivity contribution in [1.82, 2.24) is 0 Å². The lowest BCUT2D eigenvalue weighted by molar-refractivity contribution is 0.0458. The molecule has 0 radical (unpaired) electrons. The molecule has 0 unspecified atom stereocenters. The highest BCUT2D eigenvalue weighted by Crippen LogP contribution is 2.35. The van der Waals surface area contributed by atoms with Crippen LogP contribution in [0.1, 0.15) is 24.2 Å². The number of carbonyl (C=O) groups is 1. The van der Waals surface area contributed by atoms with Gasteiger partial charge in [-0.15, -0.1) is 0 Å². The lowest BCUT2D eigenvalue weighted by atomic mass is 10.2. The Bertz CT molecular complexity index is 415. The summed E-state index contributed by atoms with van der Waals surface area (Å²) in [6.45, 7) is 4.22. The number of esters is 1. The maximum atomic E-state index is 11.7. The summed E-state index contributed by atoms with van der Waals surface area (Å²) in [5.74, 6) is -0.268. The number of rotatable bonds is 4. The van der Waals surface area contributed by atoms with Gasteiger partial charge in [0, 0.05) is 0 Å². The summed E-state index contributed by atoms with van der Waals surface area (Å²) in [5, 5.41) is 9.57. The smallest absolute Gasteiger partial charge is 0.338 e. The van der Waals surface area contributed by atoms with E-state index in [-0.39, 0.29) is 28.0 Å². The topological polar surface area (TPSA) is 55.8 Å². The van der Waals surface area contributed by atoms with Crippen molar-refractivity contribution in [1.29, 1.82) is 0 Å². The summed E-state index contributed by atoms with van der Waals surface area (Å²) >= 11 is 5.77. The van der Waals surface area contributed by atoms with Crippen LogP contribution in [0.2, 0.25) is 5.02 Å². The molecule has 0 aromatic heterocycles. The van der Waals surface area contributed by atoms with Crippen molar-refractivity contribution in [2.45, 2.75) is 13.8 Å². The Hall–Kier alpha value is -1.42. The third-order valence-corrected chi connectivity index (χ3v) is 2.32. The van der Waals surface area contributed by atoms with Gasteiger partial charge in [-0.1, -0.05) is 25.4 Å². The highest BCUT2D eigenvalue weighted by atomic mass is 35.5. The minimum Gasteiger partial charge on any atom is -0.503 e. The first-order valence-corrected chi connectivity index (χ1v) is 5.57. The van der Waals surface area contributed by atoms with E-state index < -0.39 is 5.97 Å². The molecule has 0 amide bonds. The van der Waals surface area contributed by atoms with Crippen LogP contribution < -0.4 is 4.74 Å². The van der Waals surface area contributed by atoms with Crippen molar-refractivity contribution in [3.8, 4) is 11.5 Å². The molecule has 1 aromatic rings. The van der Waals surface area contributed by atoms with Crippen molar-refractivity contribution in [3.05, 3.63) is 22.7 Å². The average Bonchev–Trinajstić information content (AvgIpc) is 2.29. The minimum atomic E-state index is -0.487. The number of halogens is 1. The summed E-state index contributed by atoms with van der Waals surface area (Å²) < 4.78 is 9.95. The number of hydrogen-bond acceptors (Lipinski definition) is 4. The Morgan fingerprint density at radius 1 is 1.47 bits per heavy atom. The third kappa shape index (κ3) is 3.53. The zero-order valence-electron chi connectivity index (χ0n) is 9.99. The van der Waals surface area contributed by atoms with Gasteiger partial charge in [-0.25, -0.2) is 4.79 Å². The lowest BCUT2D eigenvalue weighted by Crippen LogP contribution is -2.10. The van der Waals surface area contributed by atoms with E-state index in [0.29, 0.717) is 6.61 Å². The molecule has 0 aliphatic carbocycles. The second kappa shape index (κ2) is 5.77. The minimum absolute atomic E-state index is 0.0563. The highest BCUT2D eigenvalue weighted by Gasteiger charge is 2.15. The number of phenolic OH excluding ortho intramolecular Hbond substituents is 1. The predicted molar refractivity (Wildman–Crippen MR) is 64.8 cm³/mol. The molecule has 0 saturated heterocycles. The Labute approximate surface area is 105 Å². The molecular formula is C12H15ClO4. The van der Waals surface area contributed by atoms with Gasteiger partial charge in [-0.2, -0.15) is 0 Å². The van der Waals surface area contributed by atoms with Crippen molar-refractivity contribution >= 4 is 17.6 Å². The molecule has 94 valence electrons. The number of carbonyl (C=O) groups excluding carboxylic acids is 1. The van der Waals surface area contributed by atoms with Crippen LogP contribution >= 0.6 is 11.6 Å². The van der Waals surface area contributed by atoms with Gasteiger partial charge in [-0.05, 0) is 18.1 Å². The van der Waals surface area contributed by atoms with Crippen molar-refractivity contribution in [2.24, 2.45) is 5.92 Å². The van der Waals surface area contributed by atoms with Crippen LogP contribution in [0.25, 0.3) is 0 Å². The van der Waals surface area contributed by atoms with Crippen LogP contribution in [-0.4, -0.2) is 24.8 Å². The van der Waals surface area contributed by atoms with E-state index in [0.717, 1.165) is 0 Å². The monoisotopic (exact) mass is 258 g/mol. The van der Waals surface area contributed by atoms with E-state index >= 15 is 0 Å². The van der Waals surface area contributed by atoms with Crippen LogP contribution in [0.15, 0.2) is 12.1 Å². The fraction of sp³-hybridized carbons (Fsp3) is 0.417. The molecule has 1 aromatic carbocycles. The number of ether oxygens (including phenoxy) is 2. The van der Waals surface area contributed by atoms with Crippen molar-refractivity contribution < 1.29 is 19.4 Å². The molecule has 5 heteroatoms. The molecule has 17 heavy (non-hydrogen) atoms. The molecule has 0 aliphatic rings. The zero-order valence-corrected chi connectivity index (χ0v) is 10.7. The number of aromatic hydroxyl groups is 1. The van der Waals surface area contributed by atoms with Gasteiger partial charge in [0.1, 0.15) is 0 Å². The summed E-state index contributed by atoms with van der Waals surface area (Å²) in [5.41, 5.74) is 0.255. The zero-order chi connectivity index (χ0) is 13.0. The summed E-state index contributed by atoms with van der Waals surface area (Å²) in [7, 11) is 1.38. The van der Waals surface area contributed by atoms with Gasteiger partial charge < -0.3 is 14.6 Å². The van der Waals surface area contributed by atoms with E-state index in [1.54, 1.807) is 0 Å². The first-order chi connectivity index (χ1) is 7.95. The molecule has 0 spiro atoms. The first kappa shape index (κ1) is 13.6. The molecule has 0 heterocycles. The van der Waals surface area contributed by atoms with Gasteiger partial charge in [-0.3, -0.25) is 0 Å².